The molecule has 0 aliphatic heterocycles. The van der Waals surface area contributed by atoms with Crippen LogP contribution in [-0.2, 0) is 6.54 Å². The van der Waals surface area contributed by atoms with Gasteiger partial charge in [-0.2, -0.15) is 5.10 Å². The first-order valence-electron chi connectivity index (χ1n) is 6.70. The molecule has 1 aromatic carbocycles. The molecule has 0 aliphatic rings. The van der Waals surface area contributed by atoms with Gasteiger partial charge in [0.15, 0.2) is 0 Å². The lowest BCUT2D eigenvalue weighted by Crippen LogP contribution is -2.10. The fourth-order valence-corrected chi connectivity index (χ4v) is 2.79. The van der Waals surface area contributed by atoms with Crippen LogP contribution >= 0.6 is 11.6 Å². The van der Waals surface area contributed by atoms with Crippen molar-refractivity contribution in [1.29, 1.82) is 0 Å². The van der Waals surface area contributed by atoms with E-state index in [0.717, 1.165) is 23.5 Å². The Morgan fingerprint density at radius 1 is 1.40 bits per heavy atom. The highest BCUT2D eigenvalue weighted by molar-refractivity contribution is 6.33. The predicted molar refractivity (Wildman–Crippen MR) is 80.8 cm³/mol. The van der Waals surface area contributed by atoms with Gasteiger partial charge in [-0.3, -0.25) is 4.68 Å². The molecule has 5 heteroatoms. The van der Waals surface area contributed by atoms with Crippen LogP contribution in [0.1, 0.15) is 36.8 Å². The van der Waals surface area contributed by atoms with Crippen molar-refractivity contribution in [2.75, 3.05) is 5.32 Å². The van der Waals surface area contributed by atoms with E-state index < -0.39 is 0 Å². The summed E-state index contributed by atoms with van der Waals surface area (Å²) in [5.41, 5.74) is 3.48. The summed E-state index contributed by atoms with van der Waals surface area (Å²) in [5, 5.41) is 8.02. The minimum atomic E-state index is -0.345. The van der Waals surface area contributed by atoms with E-state index >= 15 is 0 Å². The number of rotatable bonds is 4. The van der Waals surface area contributed by atoms with Crippen molar-refractivity contribution in [2.24, 2.45) is 0 Å². The predicted octanol–water partition coefficient (Wildman–Crippen LogP) is 4.49. The summed E-state index contributed by atoms with van der Waals surface area (Å²) in [7, 11) is 0. The monoisotopic (exact) mass is 295 g/mol. The molecule has 1 unspecified atom stereocenters. The molecule has 3 nitrogen and oxygen atoms in total. The number of nitrogens with zero attached hydrogens (tertiary/aromatic N) is 2. The summed E-state index contributed by atoms with van der Waals surface area (Å²) in [5.74, 6) is -0.345. The summed E-state index contributed by atoms with van der Waals surface area (Å²) in [6.07, 6.45) is 0. The van der Waals surface area contributed by atoms with Crippen LogP contribution in [-0.4, -0.2) is 9.78 Å². The Morgan fingerprint density at radius 2 is 2.10 bits per heavy atom. The highest BCUT2D eigenvalue weighted by Crippen LogP contribution is 2.30. The van der Waals surface area contributed by atoms with Crippen LogP contribution in [0, 0.1) is 19.7 Å². The summed E-state index contributed by atoms with van der Waals surface area (Å²) >= 11 is 6.05. The van der Waals surface area contributed by atoms with E-state index in [9.17, 15) is 4.39 Å². The number of hydrogen-bond acceptors (Lipinski definition) is 2. The molecule has 1 atom stereocenters. The maximum absolute atomic E-state index is 13.8. The molecule has 0 fully saturated rings. The topological polar surface area (TPSA) is 29.9 Å². The minimum Gasteiger partial charge on any atom is -0.375 e. The quantitative estimate of drug-likeness (QED) is 0.901. The first kappa shape index (κ1) is 14.9. The van der Waals surface area contributed by atoms with Crippen molar-refractivity contribution >= 4 is 17.3 Å². The van der Waals surface area contributed by atoms with Gasteiger partial charge in [0, 0.05) is 17.8 Å². The minimum absolute atomic E-state index is 0.0651. The molecule has 0 aliphatic carbocycles. The Balaban J connectivity index is 2.33. The lowest BCUT2D eigenvalue weighted by Gasteiger charge is -2.17. The van der Waals surface area contributed by atoms with Crippen LogP contribution in [0.2, 0.25) is 5.02 Å². The molecule has 1 heterocycles. The summed E-state index contributed by atoms with van der Waals surface area (Å²) in [6.45, 7) is 8.85. The van der Waals surface area contributed by atoms with E-state index in [1.54, 1.807) is 12.1 Å². The van der Waals surface area contributed by atoms with E-state index in [0.29, 0.717) is 10.7 Å². The Morgan fingerprint density at radius 3 is 2.65 bits per heavy atom. The average Bonchev–Trinajstić information content (AvgIpc) is 2.68. The number of para-hydroxylation sites is 1. The highest BCUT2D eigenvalue weighted by Gasteiger charge is 2.19. The molecule has 0 saturated heterocycles. The lowest BCUT2D eigenvalue weighted by molar-refractivity contribution is 0.626. The summed E-state index contributed by atoms with van der Waals surface area (Å²) < 4.78 is 15.8. The van der Waals surface area contributed by atoms with E-state index in [-0.39, 0.29) is 11.9 Å². The van der Waals surface area contributed by atoms with Gasteiger partial charge in [0.1, 0.15) is 5.82 Å². The molecule has 0 saturated carbocycles. The van der Waals surface area contributed by atoms with Crippen molar-refractivity contribution in [3.8, 4) is 0 Å². The van der Waals surface area contributed by atoms with Gasteiger partial charge in [-0.05, 0) is 39.8 Å². The van der Waals surface area contributed by atoms with Gasteiger partial charge in [0.05, 0.1) is 22.4 Å². The SMILES string of the molecule is CCn1nc(C)c(C(C)Nc2c(F)cccc2Cl)c1C. The van der Waals surface area contributed by atoms with Crippen LogP contribution in [0.25, 0.3) is 0 Å². The number of aryl methyl sites for hydroxylation is 2. The van der Waals surface area contributed by atoms with Crippen LogP contribution < -0.4 is 5.32 Å². The molecule has 108 valence electrons. The smallest absolute Gasteiger partial charge is 0.147 e. The Labute approximate surface area is 123 Å². The maximum atomic E-state index is 13.8. The largest absolute Gasteiger partial charge is 0.375 e. The van der Waals surface area contributed by atoms with E-state index in [4.69, 9.17) is 11.6 Å². The Hall–Kier alpha value is -1.55. The molecule has 0 spiro atoms. The lowest BCUT2D eigenvalue weighted by atomic mass is 10.1. The maximum Gasteiger partial charge on any atom is 0.147 e. The van der Waals surface area contributed by atoms with Gasteiger partial charge in [-0.15, -0.1) is 0 Å². The first-order valence-corrected chi connectivity index (χ1v) is 7.08. The zero-order valence-electron chi connectivity index (χ0n) is 12.2. The van der Waals surface area contributed by atoms with Crippen molar-refractivity contribution in [3.05, 3.63) is 46.0 Å². The van der Waals surface area contributed by atoms with Gasteiger partial charge >= 0.3 is 0 Å². The number of benzene rings is 1. The van der Waals surface area contributed by atoms with Gasteiger partial charge in [-0.1, -0.05) is 17.7 Å². The number of aromatic nitrogens is 2. The van der Waals surface area contributed by atoms with Crippen LogP contribution in [0.15, 0.2) is 18.2 Å². The summed E-state index contributed by atoms with van der Waals surface area (Å²) in [4.78, 5) is 0. The highest BCUT2D eigenvalue weighted by atomic mass is 35.5. The van der Waals surface area contributed by atoms with Crippen molar-refractivity contribution in [1.82, 2.24) is 9.78 Å². The van der Waals surface area contributed by atoms with Crippen LogP contribution in [0.3, 0.4) is 0 Å². The number of halogens is 2. The third kappa shape index (κ3) is 2.66. The van der Waals surface area contributed by atoms with Crippen LogP contribution in [0.5, 0.6) is 0 Å². The van der Waals surface area contributed by atoms with E-state index in [2.05, 4.69) is 17.3 Å². The van der Waals surface area contributed by atoms with Crippen LogP contribution in [0.4, 0.5) is 10.1 Å². The summed E-state index contributed by atoms with van der Waals surface area (Å²) in [6, 6.07) is 4.61. The van der Waals surface area contributed by atoms with Crippen molar-refractivity contribution in [3.63, 3.8) is 0 Å². The molecule has 2 rings (SSSR count). The van der Waals surface area contributed by atoms with Gasteiger partial charge in [-0.25, -0.2) is 4.39 Å². The van der Waals surface area contributed by atoms with Crippen molar-refractivity contribution < 1.29 is 4.39 Å². The fourth-order valence-electron chi connectivity index (χ4n) is 2.57. The third-order valence-corrected chi connectivity index (χ3v) is 3.81. The second-order valence-electron chi connectivity index (χ2n) is 4.86. The molecule has 0 amide bonds. The average molecular weight is 296 g/mol. The normalized spacial score (nSPS) is 12.5. The Kier molecular flexibility index (Phi) is 4.33. The molecule has 1 aromatic heterocycles. The molecule has 0 radical (unpaired) electrons. The number of anilines is 1. The number of hydrogen-bond donors (Lipinski definition) is 1. The second kappa shape index (κ2) is 5.83. The molecule has 1 N–H and O–H groups in total. The first-order chi connectivity index (χ1) is 9.45. The van der Waals surface area contributed by atoms with Gasteiger partial charge < -0.3 is 5.32 Å². The Bertz CT molecular complexity index is 602. The fraction of sp³-hybridized carbons (Fsp3) is 0.400. The van der Waals surface area contributed by atoms with Crippen molar-refractivity contribution in [2.45, 2.75) is 40.3 Å². The standard InChI is InChI=1S/C15H19ClFN3/c1-5-20-11(4)14(10(3)19-20)9(2)18-15-12(16)7-6-8-13(15)17/h6-9,18H,5H2,1-4H3. The molecular formula is C15H19ClFN3. The second-order valence-corrected chi connectivity index (χ2v) is 5.27. The van der Waals surface area contributed by atoms with E-state index in [1.165, 1.54) is 6.07 Å². The molecule has 2 aromatic rings. The third-order valence-electron chi connectivity index (χ3n) is 3.49. The zero-order valence-corrected chi connectivity index (χ0v) is 12.9. The molecule has 20 heavy (non-hydrogen) atoms. The molecule has 0 bridgehead atoms. The van der Waals surface area contributed by atoms with Gasteiger partial charge in [0.2, 0.25) is 0 Å². The van der Waals surface area contributed by atoms with Gasteiger partial charge in [0.25, 0.3) is 0 Å². The van der Waals surface area contributed by atoms with E-state index in [1.807, 2.05) is 25.5 Å². The molecular weight excluding hydrogens is 277 g/mol. The number of nitrogens with one attached hydrogen (secondary N) is 1. The zero-order chi connectivity index (χ0) is 14.9.